The van der Waals surface area contributed by atoms with Crippen molar-refractivity contribution in [2.24, 2.45) is 0 Å². The zero-order valence-electron chi connectivity index (χ0n) is 46.1. The molecule has 1 aromatic carbocycles. The number of unbranched alkanes of at least 4 members (excludes halogenated alkanes) is 4. The van der Waals surface area contributed by atoms with Crippen LogP contribution >= 0.6 is 0 Å². The van der Waals surface area contributed by atoms with Crippen molar-refractivity contribution >= 4 is 26.2 Å². The Morgan fingerprint density at radius 1 is 0.500 bits per heavy atom. The summed E-state index contributed by atoms with van der Waals surface area (Å²) in [5.41, 5.74) is 1.23. The van der Waals surface area contributed by atoms with Crippen LogP contribution in [0.25, 0.3) is 0 Å². The van der Waals surface area contributed by atoms with Gasteiger partial charge in [-0.1, -0.05) is 64.5 Å². The third-order valence-corrected chi connectivity index (χ3v) is 22.7. The molecule has 0 saturated carbocycles. The lowest BCUT2D eigenvalue weighted by molar-refractivity contribution is 0.0547. The third-order valence-electron chi connectivity index (χ3n) is 12.4. The Kier molecular flexibility index (Phi) is 40.6. The van der Waals surface area contributed by atoms with Crippen molar-refractivity contribution in [1.29, 1.82) is 0 Å². The molecule has 0 aliphatic rings. The van der Waals surface area contributed by atoms with Crippen LogP contribution in [0.3, 0.4) is 0 Å². The average molecular weight is 1050 g/mol. The second kappa shape index (κ2) is 42.3. The van der Waals surface area contributed by atoms with E-state index in [9.17, 15) is 15.3 Å². The zero-order chi connectivity index (χ0) is 51.8. The van der Waals surface area contributed by atoms with Gasteiger partial charge in [0.25, 0.3) is 0 Å². The van der Waals surface area contributed by atoms with E-state index >= 15 is 0 Å². The monoisotopic (exact) mass is 1050 g/mol. The first-order valence-electron chi connectivity index (χ1n) is 28.0. The van der Waals surface area contributed by atoms with Crippen molar-refractivity contribution in [2.45, 2.75) is 214 Å². The average Bonchev–Trinajstić information content (AvgIpc) is 3.33. The summed E-state index contributed by atoms with van der Waals surface area (Å²) in [6, 6.07) is 11.2. The number of nitrogens with one attached hydrogen (secondary N) is 3. The van der Waals surface area contributed by atoms with Crippen LogP contribution in [-0.2, 0) is 41.8 Å². The van der Waals surface area contributed by atoms with Crippen molar-refractivity contribution in [3.63, 3.8) is 0 Å². The van der Waals surface area contributed by atoms with Gasteiger partial charge in [-0.25, -0.2) is 0 Å². The third kappa shape index (κ3) is 29.3. The van der Waals surface area contributed by atoms with E-state index in [0.29, 0.717) is 84.8 Å². The Hall–Kier alpha value is -0.889. The van der Waals surface area contributed by atoms with Crippen LogP contribution in [0.15, 0.2) is 24.3 Å². The first kappa shape index (κ1) is 67.1. The number of hydrogen-bond donors (Lipinski definition) is 6. The summed E-state index contributed by atoms with van der Waals surface area (Å²) in [6.45, 7) is 27.7. The van der Waals surface area contributed by atoms with Crippen molar-refractivity contribution in [2.75, 3.05) is 85.6 Å². The number of aliphatic hydroxyl groups is 3. The highest BCUT2D eigenvalue weighted by atomic mass is 28.4. The maximum Gasteiger partial charge on any atom is 0.500 e. The molecule has 414 valence electrons. The number of aliphatic hydroxyl groups excluding tert-OH is 3. The zero-order valence-corrected chi connectivity index (χ0v) is 49.1. The summed E-state index contributed by atoms with van der Waals surface area (Å²) in [5.74, 6) is 0.773. The Morgan fingerprint density at radius 3 is 1.56 bits per heavy atom. The smallest absolute Gasteiger partial charge is 0.491 e. The first-order chi connectivity index (χ1) is 33.9. The predicted molar refractivity (Wildman–Crippen MR) is 291 cm³/mol. The van der Waals surface area contributed by atoms with Gasteiger partial charge in [-0.15, -0.1) is 0 Å². The topological polar surface area (TPSA) is 180 Å². The molecule has 15 nitrogen and oxygen atoms in total. The maximum atomic E-state index is 11.9. The Labute approximate surface area is 430 Å². The van der Waals surface area contributed by atoms with Crippen LogP contribution in [0.5, 0.6) is 5.75 Å². The lowest BCUT2D eigenvalue weighted by Gasteiger charge is -2.32. The van der Waals surface area contributed by atoms with Crippen molar-refractivity contribution in [1.82, 2.24) is 16.0 Å². The highest BCUT2D eigenvalue weighted by Gasteiger charge is 2.41. The molecule has 1 aromatic rings. The molecular weight excluding hydrogens is 943 g/mol. The van der Waals surface area contributed by atoms with Gasteiger partial charge in [-0.3, -0.25) is 0 Å². The summed E-state index contributed by atoms with van der Waals surface area (Å²) < 4.78 is 54.8. The summed E-state index contributed by atoms with van der Waals surface area (Å²) in [7, 11) is -7.72. The molecule has 0 bridgehead atoms. The molecule has 0 heterocycles. The summed E-state index contributed by atoms with van der Waals surface area (Å²) in [5, 5.41) is 44.6. The number of rotatable bonds is 51. The van der Waals surface area contributed by atoms with E-state index in [1.165, 1.54) is 5.56 Å². The van der Waals surface area contributed by atoms with E-state index < -0.39 is 44.5 Å². The number of hydrogen-bond acceptors (Lipinski definition) is 15. The second-order valence-corrected chi connectivity index (χ2v) is 27.1. The van der Waals surface area contributed by atoms with Crippen molar-refractivity contribution in [3.05, 3.63) is 29.8 Å². The van der Waals surface area contributed by atoms with Crippen molar-refractivity contribution < 1.29 is 55.5 Å². The van der Waals surface area contributed by atoms with E-state index in [-0.39, 0.29) is 18.7 Å². The van der Waals surface area contributed by atoms with Crippen molar-refractivity contribution in [3.8, 4) is 5.75 Å². The molecule has 70 heavy (non-hydrogen) atoms. The van der Waals surface area contributed by atoms with Crippen LogP contribution < -0.4 is 20.7 Å². The van der Waals surface area contributed by atoms with Gasteiger partial charge in [0.15, 0.2) is 0 Å². The van der Waals surface area contributed by atoms with Crippen LogP contribution in [0.2, 0.25) is 24.2 Å². The van der Waals surface area contributed by atoms with E-state index in [4.69, 9.17) is 40.1 Å². The molecule has 0 amide bonds. The van der Waals surface area contributed by atoms with Gasteiger partial charge in [0.2, 0.25) is 0 Å². The molecule has 0 aliphatic heterocycles. The van der Waals surface area contributed by atoms with E-state index in [1.807, 2.05) is 67.5 Å². The molecule has 0 aliphatic carbocycles. The summed E-state index contributed by atoms with van der Waals surface area (Å²) >= 11 is 0. The van der Waals surface area contributed by atoms with Crippen LogP contribution in [0.4, 0.5) is 0 Å². The minimum atomic E-state index is -2.78. The van der Waals surface area contributed by atoms with Gasteiger partial charge in [0.05, 0.1) is 12.2 Å². The standard InChI is InChI=1S/C52H107N3O12Si3/c1-11-30-51(57)50(55-36-28-39-68(38-12-2,60-13-3)61-14-4)43-52(58)49(54-37-29-41-70(65-18-8,66-19-9)67-20-10)34-25-23-21-22-24-31-46-32-26-33-48(42-46)59-45-47(56)44-53-35-27-40-69(62-15-5,63-16-6)64-17-7/h26,32-33,42,47,49-58H,11-25,27-31,34-41,43-45H2,1-10H3. The lowest BCUT2D eigenvalue weighted by atomic mass is 9.93. The normalized spacial score (nSPS) is 14.8. The van der Waals surface area contributed by atoms with Gasteiger partial charge in [0.1, 0.15) is 18.5 Å². The van der Waals surface area contributed by atoms with Gasteiger partial charge >= 0.3 is 26.2 Å². The minimum Gasteiger partial charge on any atom is -0.491 e. The quantitative estimate of drug-likeness (QED) is 0.0269. The largest absolute Gasteiger partial charge is 0.500 e. The number of benzene rings is 1. The summed E-state index contributed by atoms with van der Waals surface area (Å²) in [6.07, 6.45) is 11.0. The molecule has 0 aromatic heterocycles. The fourth-order valence-corrected chi connectivity index (χ4v) is 18.0. The van der Waals surface area contributed by atoms with Crippen LogP contribution in [0, 0.1) is 0 Å². The number of aryl methyl sites for hydroxylation is 1. The Bertz CT molecular complexity index is 1300. The molecule has 0 radical (unpaired) electrons. The summed E-state index contributed by atoms with van der Waals surface area (Å²) in [4.78, 5) is 0. The van der Waals surface area contributed by atoms with Gasteiger partial charge in [-0.05, 0) is 156 Å². The minimum absolute atomic E-state index is 0.119. The van der Waals surface area contributed by atoms with Gasteiger partial charge < -0.3 is 71.4 Å². The Morgan fingerprint density at radius 2 is 1.01 bits per heavy atom. The fraction of sp³-hybridized carbons (Fsp3) is 0.885. The molecule has 5 atom stereocenters. The SMILES string of the molecule is CCCC(O)C(CC(O)C(CCCCCCCc1cccc(OCC(O)CNCCC[Si](OCC)(OCC)OCC)c1)NCCC[Si](OCC)(OCC)OCC)NCCC[Si](CCC)(OCC)OCC. The molecule has 18 heteroatoms. The Balaban J connectivity index is 2.80. The van der Waals surface area contributed by atoms with E-state index in [2.05, 4.69) is 41.9 Å². The highest BCUT2D eigenvalue weighted by Crippen LogP contribution is 2.25. The number of ether oxygens (including phenoxy) is 1. The fourth-order valence-electron chi connectivity index (χ4n) is 9.30. The molecule has 1 rings (SSSR count). The first-order valence-corrected chi connectivity index (χ1v) is 34.1. The molecule has 0 fully saturated rings. The molecule has 0 saturated heterocycles. The van der Waals surface area contributed by atoms with E-state index in [0.717, 1.165) is 114 Å². The highest BCUT2D eigenvalue weighted by molar-refractivity contribution is 6.67. The van der Waals surface area contributed by atoms with E-state index in [1.54, 1.807) is 0 Å². The molecule has 6 N–H and O–H groups in total. The van der Waals surface area contributed by atoms with Crippen LogP contribution in [0.1, 0.15) is 158 Å². The predicted octanol–water partition coefficient (Wildman–Crippen LogP) is 8.92. The molecular formula is C52H107N3O12Si3. The van der Waals surface area contributed by atoms with Crippen LogP contribution in [-0.4, -0.2) is 158 Å². The molecule has 0 spiro atoms. The second-order valence-electron chi connectivity index (χ2n) is 18.2. The lowest BCUT2D eigenvalue weighted by Crippen LogP contribution is -2.49. The maximum absolute atomic E-state index is 11.9. The van der Waals surface area contributed by atoms with Gasteiger partial charge in [0, 0.05) is 83.6 Å². The van der Waals surface area contributed by atoms with Gasteiger partial charge in [-0.2, -0.15) is 0 Å². The molecule has 5 unspecified atom stereocenters.